The largest absolute Gasteiger partial charge is 0.498 e. The van der Waals surface area contributed by atoms with Crippen LogP contribution < -0.4 is 0 Å². The van der Waals surface area contributed by atoms with Crippen LogP contribution in [0.4, 0.5) is 30.7 Å². The number of ether oxygens (including phenoxy) is 1. The SMILES string of the molecule is C=C1CCC(CC2=CC(c3ccc(C(F)(F)F)cc3C(C)(F)F)=C(C)CCO2)CN=C(CC)c2[nH]c(-c3cccc(F)c3F)nc21. The fourth-order valence-corrected chi connectivity index (χ4v) is 5.84. The van der Waals surface area contributed by atoms with Gasteiger partial charge in [-0.2, -0.15) is 13.2 Å². The predicted octanol–water partition coefficient (Wildman–Crippen LogP) is 10.3. The Bertz CT molecular complexity index is 1740. The van der Waals surface area contributed by atoms with Crippen LogP contribution in [0.5, 0.6) is 0 Å². The van der Waals surface area contributed by atoms with Crippen LogP contribution in [-0.2, 0) is 16.8 Å². The number of fused-ring (bicyclic) bond motifs is 1. The molecule has 0 saturated carbocycles. The van der Waals surface area contributed by atoms with E-state index in [4.69, 9.17) is 9.73 Å². The van der Waals surface area contributed by atoms with Gasteiger partial charge in [-0.15, -0.1) is 0 Å². The Balaban J connectivity index is 1.45. The minimum atomic E-state index is -4.76. The maximum absolute atomic E-state index is 14.7. The molecule has 0 aliphatic carbocycles. The third-order valence-electron chi connectivity index (χ3n) is 8.39. The first-order chi connectivity index (χ1) is 21.7. The number of rotatable bonds is 6. The van der Waals surface area contributed by atoms with Crippen molar-refractivity contribution in [3.8, 4) is 11.4 Å². The number of alkyl halides is 5. The molecule has 11 heteroatoms. The molecule has 3 aromatic rings. The number of hydrogen-bond donors (Lipinski definition) is 1. The summed E-state index contributed by atoms with van der Waals surface area (Å²) in [6.07, 6.45) is -0.624. The molecule has 1 unspecified atom stereocenters. The van der Waals surface area contributed by atoms with Crippen LogP contribution in [0.25, 0.3) is 22.5 Å². The standard InChI is InChI=1S/C35H34F7N3O/c1-5-29-32-31(44-33(45-32)25-7-6-8-28(36)30(25)37)20(3)9-10-21(18-43-29)15-23-17-26(19(2)13-14-46-23)24-12-11-22(35(40,41)42)16-27(24)34(4,38)39/h6-8,11-12,16-17,21H,3,5,9-10,13-15,18H2,1-2,4H3,(H,44,45). The topological polar surface area (TPSA) is 50.3 Å². The normalized spacial score (nSPS) is 18.1. The number of halogens is 7. The summed E-state index contributed by atoms with van der Waals surface area (Å²) in [5.74, 6) is -4.85. The van der Waals surface area contributed by atoms with E-state index in [2.05, 4.69) is 16.5 Å². The highest BCUT2D eigenvalue weighted by Gasteiger charge is 2.36. The molecular weight excluding hydrogens is 611 g/mol. The molecule has 46 heavy (non-hydrogen) atoms. The third-order valence-corrected chi connectivity index (χ3v) is 8.39. The lowest BCUT2D eigenvalue weighted by atomic mass is 9.89. The maximum Gasteiger partial charge on any atom is 0.416 e. The Hall–Kier alpha value is -4.15. The number of hydrogen-bond acceptors (Lipinski definition) is 3. The average molecular weight is 646 g/mol. The molecule has 4 nitrogen and oxygen atoms in total. The van der Waals surface area contributed by atoms with Crippen LogP contribution in [0.2, 0.25) is 0 Å². The van der Waals surface area contributed by atoms with Gasteiger partial charge in [-0.3, -0.25) is 4.99 Å². The fraction of sp³-hybridized carbons (Fsp3) is 0.371. The van der Waals surface area contributed by atoms with Crippen molar-refractivity contribution in [1.82, 2.24) is 9.97 Å². The summed E-state index contributed by atoms with van der Waals surface area (Å²) in [6, 6.07) is 6.35. The zero-order valence-corrected chi connectivity index (χ0v) is 25.7. The summed E-state index contributed by atoms with van der Waals surface area (Å²) in [7, 11) is 0. The monoisotopic (exact) mass is 645 g/mol. The second kappa shape index (κ2) is 12.9. The van der Waals surface area contributed by atoms with Gasteiger partial charge in [0, 0.05) is 31.9 Å². The molecule has 0 bridgehead atoms. The van der Waals surface area contributed by atoms with Gasteiger partial charge in [0.05, 0.1) is 40.6 Å². The number of aliphatic imine (C=N–C) groups is 1. The zero-order valence-electron chi connectivity index (χ0n) is 25.7. The fourth-order valence-electron chi connectivity index (χ4n) is 5.84. The van der Waals surface area contributed by atoms with Gasteiger partial charge in [0.1, 0.15) is 5.82 Å². The Labute approximate surface area is 262 Å². The van der Waals surface area contributed by atoms with Crippen LogP contribution >= 0.6 is 0 Å². The number of nitrogens with zero attached hydrogens (tertiary/aromatic N) is 2. The number of H-pyrrole nitrogens is 1. The molecule has 0 fully saturated rings. The summed E-state index contributed by atoms with van der Waals surface area (Å²) in [6.45, 7) is 9.17. The van der Waals surface area contributed by atoms with Gasteiger partial charge in [0.2, 0.25) is 0 Å². The molecule has 1 N–H and O–H groups in total. The number of aromatic amines is 1. The lowest BCUT2D eigenvalue weighted by Gasteiger charge is -2.20. The van der Waals surface area contributed by atoms with Gasteiger partial charge >= 0.3 is 6.18 Å². The Morgan fingerprint density at radius 2 is 1.80 bits per heavy atom. The van der Waals surface area contributed by atoms with Gasteiger partial charge in [-0.1, -0.05) is 31.2 Å². The van der Waals surface area contributed by atoms with Gasteiger partial charge < -0.3 is 9.72 Å². The Kier molecular flexibility index (Phi) is 9.33. The summed E-state index contributed by atoms with van der Waals surface area (Å²) in [5.41, 5.74) is 1.83. The first-order valence-electron chi connectivity index (χ1n) is 15.1. The molecule has 2 aliphatic rings. The van der Waals surface area contributed by atoms with Crippen molar-refractivity contribution in [2.24, 2.45) is 10.9 Å². The second-order valence-corrected chi connectivity index (χ2v) is 11.8. The lowest BCUT2D eigenvalue weighted by Crippen LogP contribution is -2.14. The maximum atomic E-state index is 14.7. The van der Waals surface area contributed by atoms with Gasteiger partial charge in [-0.05, 0) is 79.2 Å². The van der Waals surface area contributed by atoms with Gasteiger partial charge in [0.25, 0.3) is 5.92 Å². The number of imidazole rings is 1. The number of aromatic nitrogens is 2. The van der Waals surface area contributed by atoms with Crippen molar-refractivity contribution in [1.29, 1.82) is 0 Å². The van der Waals surface area contributed by atoms with E-state index in [-0.39, 0.29) is 29.5 Å². The zero-order chi connectivity index (χ0) is 33.4. The minimum absolute atomic E-state index is 0.000620. The van der Waals surface area contributed by atoms with E-state index < -0.39 is 34.9 Å². The number of benzene rings is 2. The smallest absolute Gasteiger partial charge is 0.416 e. The van der Waals surface area contributed by atoms with Crippen molar-refractivity contribution < 1.29 is 35.5 Å². The van der Waals surface area contributed by atoms with Crippen LogP contribution in [0.3, 0.4) is 0 Å². The van der Waals surface area contributed by atoms with Crippen LogP contribution in [-0.4, -0.2) is 28.8 Å². The minimum Gasteiger partial charge on any atom is -0.498 e. The summed E-state index contributed by atoms with van der Waals surface area (Å²) in [5, 5.41) is 0. The predicted molar refractivity (Wildman–Crippen MR) is 164 cm³/mol. The summed E-state index contributed by atoms with van der Waals surface area (Å²) >= 11 is 0. The second-order valence-electron chi connectivity index (χ2n) is 11.8. The van der Waals surface area contributed by atoms with Crippen molar-refractivity contribution >= 4 is 16.9 Å². The van der Waals surface area contributed by atoms with Crippen molar-refractivity contribution in [3.05, 3.63) is 100 Å². The molecule has 244 valence electrons. The molecule has 1 atom stereocenters. The molecule has 5 rings (SSSR count). The van der Waals surface area contributed by atoms with E-state index in [1.165, 1.54) is 12.1 Å². The Morgan fingerprint density at radius 1 is 1.04 bits per heavy atom. The molecule has 3 heterocycles. The van der Waals surface area contributed by atoms with Crippen molar-refractivity contribution in [2.45, 2.75) is 65.0 Å². The highest BCUT2D eigenvalue weighted by molar-refractivity contribution is 6.02. The molecule has 0 spiro atoms. The molecule has 0 saturated heterocycles. The van der Waals surface area contributed by atoms with Crippen molar-refractivity contribution in [3.63, 3.8) is 0 Å². The third kappa shape index (κ3) is 6.98. The quantitative estimate of drug-likeness (QED) is 0.271. The Morgan fingerprint density at radius 3 is 2.50 bits per heavy atom. The van der Waals surface area contributed by atoms with Crippen LogP contribution in [0.15, 0.2) is 65.4 Å². The average Bonchev–Trinajstić information content (AvgIpc) is 3.36. The first kappa shape index (κ1) is 33.2. The molecule has 2 aromatic carbocycles. The van der Waals surface area contributed by atoms with E-state index in [0.717, 1.165) is 23.8 Å². The highest BCUT2D eigenvalue weighted by atomic mass is 19.4. The first-order valence-corrected chi connectivity index (χ1v) is 15.1. The van der Waals surface area contributed by atoms with Gasteiger partial charge in [-0.25, -0.2) is 22.5 Å². The summed E-state index contributed by atoms with van der Waals surface area (Å²) < 4.78 is 104. The molecule has 2 aliphatic heterocycles. The van der Waals surface area contributed by atoms with Gasteiger partial charge in [0.15, 0.2) is 11.6 Å². The van der Waals surface area contributed by atoms with E-state index >= 15 is 0 Å². The molecular formula is C35H34F7N3O. The number of nitrogens with one attached hydrogen (secondary N) is 1. The summed E-state index contributed by atoms with van der Waals surface area (Å²) in [4.78, 5) is 12.6. The molecule has 0 radical (unpaired) electrons. The lowest BCUT2D eigenvalue weighted by molar-refractivity contribution is -0.137. The van der Waals surface area contributed by atoms with Crippen LogP contribution in [0.1, 0.15) is 81.0 Å². The van der Waals surface area contributed by atoms with E-state index in [1.807, 2.05) is 6.92 Å². The van der Waals surface area contributed by atoms with Crippen molar-refractivity contribution in [2.75, 3.05) is 13.2 Å². The molecule has 0 amide bonds. The van der Waals surface area contributed by atoms with E-state index in [1.54, 1.807) is 13.0 Å². The highest BCUT2D eigenvalue weighted by Crippen LogP contribution is 2.41. The number of allylic oxidation sites excluding steroid dienone is 4. The molecule has 1 aromatic heterocycles. The van der Waals surface area contributed by atoms with Crippen LogP contribution in [0, 0.1) is 17.6 Å². The van der Waals surface area contributed by atoms with E-state index in [9.17, 15) is 30.7 Å². The van der Waals surface area contributed by atoms with E-state index in [0.29, 0.717) is 85.6 Å².